The molecule has 1 aromatic carbocycles. The van der Waals surface area contributed by atoms with Gasteiger partial charge in [-0.05, 0) is 17.7 Å². The molecule has 3 rings (SSSR count). The third-order valence-electron chi connectivity index (χ3n) is 3.17. The summed E-state index contributed by atoms with van der Waals surface area (Å²) in [7, 11) is 0. The van der Waals surface area contributed by atoms with Gasteiger partial charge in [-0.15, -0.1) is 0 Å². The minimum atomic E-state index is -0.266. The highest BCUT2D eigenvalue weighted by molar-refractivity contribution is 5.83. The number of aromatic nitrogens is 1. The first-order valence-electron chi connectivity index (χ1n) is 6.26. The summed E-state index contributed by atoms with van der Waals surface area (Å²) in [6, 6.07) is 15.5. The fourth-order valence-corrected chi connectivity index (χ4v) is 2.21. The molecule has 1 aromatic heterocycles. The van der Waals surface area contributed by atoms with Crippen molar-refractivity contribution in [2.75, 3.05) is 0 Å². The van der Waals surface area contributed by atoms with E-state index in [4.69, 9.17) is 4.84 Å². The Bertz CT molecular complexity index is 582. The van der Waals surface area contributed by atoms with Gasteiger partial charge in [0.15, 0.2) is 0 Å². The standard InChI is InChI=1S/C15H14N2O2/c18-17-13(10-12-6-2-1-3-7-12)11-15(19-17)14-8-4-5-9-16-14/h1-9,15H,10-11H2. The Kier molecular flexibility index (Phi) is 3.14. The third kappa shape index (κ3) is 2.57. The highest BCUT2D eigenvalue weighted by Crippen LogP contribution is 2.26. The van der Waals surface area contributed by atoms with Crippen LogP contribution in [0.25, 0.3) is 0 Å². The van der Waals surface area contributed by atoms with E-state index in [0.29, 0.717) is 17.7 Å². The molecule has 4 heteroatoms. The largest absolute Gasteiger partial charge is 0.393 e. The second-order valence-corrected chi connectivity index (χ2v) is 4.54. The van der Waals surface area contributed by atoms with E-state index in [0.717, 1.165) is 17.0 Å². The number of rotatable bonds is 3. The zero-order chi connectivity index (χ0) is 13.1. The Morgan fingerprint density at radius 2 is 1.95 bits per heavy atom. The molecule has 1 aliphatic heterocycles. The average Bonchev–Trinajstić information content (AvgIpc) is 2.82. The van der Waals surface area contributed by atoms with Crippen LogP contribution >= 0.6 is 0 Å². The van der Waals surface area contributed by atoms with E-state index in [9.17, 15) is 5.21 Å². The first kappa shape index (κ1) is 11.7. The number of hydrogen-bond acceptors (Lipinski definition) is 3. The number of pyridine rings is 1. The number of hydrogen-bond donors (Lipinski definition) is 0. The van der Waals surface area contributed by atoms with Gasteiger partial charge in [0.1, 0.15) is 6.10 Å². The average molecular weight is 254 g/mol. The van der Waals surface area contributed by atoms with Crippen molar-refractivity contribution in [3.63, 3.8) is 0 Å². The van der Waals surface area contributed by atoms with Crippen molar-refractivity contribution in [2.24, 2.45) is 0 Å². The minimum Gasteiger partial charge on any atom is -0.393 e. The van der Waals surface area contributed by atoms with Crippen LogP contribution in [0.2, 0.25) is 0 Å². The molecule has 4 nitrogen and oxygen atoms in total. The lowest BCUT2D eigenvalue weighted by Gasteiger charge is -2.09. The van der Waals surface area contributed by atoms with Crippen LogP contribution in [-0.4, -0.2) is 15.6 Å². The van der Waals surface area contributed by atoms with E-state index in [1.165, 1.54) is 0 Å². The van der Waals surface area contributed by atoms with Crippen molar-refractivity contribution in [3.05, 3.63) is 71.2 Å². The molecule has 0 bridgehead atoms. The molecule has 19 heavy (non-hydrogen) atoms. The molecule has 2 aromatic rings. The van der Waals surface area contributed by atoms with Gasteiger partial charge in [0.2, 0.25) is 5.71 Å². The monoisotopic (exact) mass is 254 g/mol. The summed E-state index contributed by atoms with van der Waals surface area (Å²) in [4.78, 5) is 10.2. The van der Waals surface area contributed by atoms with Gasteiger partial charge >= 0.3 is 0 Å². The predicted molar refractivity (Wildman–Crippen MR) is 71.5 cm³/mol. The summed E-state index contributed by atoms with van der Waals surface area (Å²) < 4.78 is 0. The summed E-state index contributed by atoms with van der Waals surface area (Å²) in [5, 5.41) is 11.8. The first-order valence-corrected chi connectivity index (χ1v) is 6.26. The summed E-state index contributed by atoms with van der Waals surface area (Å²) >= 11 is 0. The first-order chi connectivity index (χ1) is 9.33. The van der Waals surface area contributed by atoms with E-state index >= 15 is 0 Å². The van der Waals surface area contributed by atoms with Crippen LogP contribution < -0.4 is 0 Å². The maximum atomic E-state index is 11.8. The van der Waals surface area contributed by atoms with Crippen molar-refractivity contribution in [2.45, 2.75) is 18.9 Å². The molecule has 0 N–H and O–H groups in total. The van der Waals surface area contributed by atoms with Crippen LogP contribution in [0.5, 0.6) is 0 Å². The van der Waals surface area contributed by atoms with Gasteiger partial charge in [0.05, 0.1) is 18.5 Å². The van der Waals surface area contributed by atoms with Crippen LogP contribution in [0.3, 0.4) is 0 Å². The lowest BCUT2D eigenvalue weighted by atomic mass is 10.0. The predicted octanol–water partition coefficient (Wildman–Crippen LogP) is 2.65. The molecule has 0 radical (unpaired) electrons. The van der Waals surface area contributed by atoms with E-state index in [2.05, 4.69) is 4.98 Å². The fourth-order valence-electron chi connectivity index (χ4n) is 2.21. The molecule has 0 saturated carbocycles. The van der Waals surface area contributed by atoms with Crippen LogP contribution in [0.15, 0.2) is 54.7 Å². The second-order valence-electron chi connectivity index (χ2n) is 4.54. The molecule has 0 saturated heterocycles. The lowest BCUT2D eigenvalue weighted by molar-refractivity contribution is -0.743. The summed E-state index contributed by atoms with van der Waals surface area (Å²) in [6.45, 7) is 0. The SMILES string of the molecule is [O-][N+]1=C(Cc2ccccc2)CC(c2ccccn2)O1. The van der Waals surface area contributed by atoms with E-state index in [-0.39, 0.29) is 6.10 Å². The minimum absolute atomic E-state index is 0.266. The Morgan fingerprint density at radius 3 is 2.68 bits per heavy atom. The summed E-state index contributed by atoms with van der Waals surface area (Å²) in [6.07, 6.45) is 2.66. The van der Waals surface area contributed by atoms with Gasteiger partial charge in [-0.2, -0.15) is 0 Å². The van der Waals surface area contributed by atoms with Gasteiger partial charge < -0.3 is 4.84 Å². The highest BCUT2D eigenvalue weighted by atomic mass is 16.9. The smallest absolute Gasteiger partial charge is 0.228 e. The molecule has 1 unspecified atom stereocenters. The maximum Gasteiger partial charge on any atom is 0.228 e. The van der Waals surface area contributed by atoms with Crippen LogP contribution in [-0.2, 0) is 11.3 Å². The van der Waals surface area contributed by atoms with Crippen LogP contribution in [0, 0.1) is 5.21 Å². The summed E-state index contributed by atoms with van der Waals surface area (Å²) in [5.41, 5.74) is 2.65. The molecule has 96 valence electrons. The molecule has 0 spiro atoms. The molecular formula is C15H14N2O2. The second kappa shape index (κ2) is 5.10. The van der Waals surface area contributed by atoms with Crippen molar-refractivity contribution < 1.29 is 9.74 Å². The zero-order valence-electron chi connectivity index (χ0n) is 10.4. The zero-order valence-corrected chi connectivity index (χ0v) is 10.4. The quantitative estimate of drug-likeness (QED) is 0.791. The van der Waals surface area contributed by atoms with Gasteiger partial charge in [-0.1, -0.05) is 36.4 Å². The molecule has 0 fully saturated rings. The Hall–Kier alpha value is -2.36. The number of benzene rings is 1. The van der Waals surface area contributed by atoms with Crippen molar-refractivity contribution in [3.8, 4) is 0 Å². The van der Waals surface area contributed by atoms with E-state index in [1.54, 1.807) is 6.20 Å². The molecular weight excluding hydrogens is 240 g/mol. The Morgan fingerprint density at radius 1 is 1.16 bits per heavy atom. The molecule has 0 amide bonds. The van der Waals surface area contributed by atoms with Crippen molar-refractivity contribution in [1.29, 1.82) is 0 Å². The summed E-state index contributed by atoms with van der Waals surface area (Å²) in [5.74, 6) is 0. The van der Waals surface area contributed by atoms with Crippen LogP contribution in [0.1, 0.15) is 23.8 Å². The van der Waals surface area contributed by atoms with Crippen LogP contribution in [0.4, 0.5) is 0 Å². The highest BCUT2D eigenvalue weighted by Gasteiger charge is 2.29. The van der Waals surface area contributed by atoms with Gasteiger partial charge in [-0.25, -0.2) is 0 Å². The normalized spacial score (nSPS) is 18.4. The Balaban J connectivity index is 1.73. The molecule has 0 aliphatic carbocycles. The Labute approximate surface area is 111 Å². The topological polar surface area (TPSA) is 48.2 Å². The van der Waals surface area contributed by atoms with E-state index < -0.39 is 0 Å². The third-order valence-corrected chi connectivity index (χ3v) is 3.17. The maximum absolute atomic E-state index is 11.8. The van der Waals surface area contributed by atoms with Gasteiger partial charge in [-0.3, -0.25) is 10.2 Å². The van der Waals surface area contributed by atoms with Crippen molar-refractivity contribution >= 4 is 5.71 Å². The molecule has 2 heterocycles. The van der Waals surface area contributed by atoms with E-state index in [1.807, 2.05) is 48.5 Å². The molecule has 1 aliphatic rings. The number of nitrogens with zero attached hydrogens (tertiary/aromatic N) is 2. The molecule has 1 atom stereocenters. The van der Waals surface area contributed by atoms with Crippen molar-refractivity contribution in [1.82, 2.24) is 4.98 Å². The lowest BCUT2D eigenvalue weighted by Crippen LogP contribution is -2.09. The van der Waals surface area contributed by atoms with Gasteiger partial charge in [0, 0.05) is 11.1 Å². The fraction of sp³-hybridized carbons (Fsp3) is 0.200. The van der Waals surface area contributed by atoms with Gasteiger partial charge in [0.25, 0.3) is 0 Å².